The summed E-state index contributed by atoms with van der Waals surface area (Å²) in [6, 6.07) is 0. The Morgan fingerprint density at radius 2 is 1.03 bits per heavy atom. The second-order valence-electron chi connectivity index (χ2n) is 8.85. The molecule has 198 valence electrons. The molecule has 0 heterocycles. The molecule has 2 atom stereocenters. The number of unbranched alkanes of at least 4 members (excludes halogenated alkanes) is 12. The molecule has 0 aromatic heterocycles. The maximum absolute atomic E-state index is 12.1. The van der Waals surface area contributed by atoms with E-state index in [1.54, 1.807) is 0 Å². The van der Waals surface area contributed by atoms with Gasteiger partial charge in [-0.1, -0.05) is 84.0 Å². The maximum atomic E-state index is 12.1. The van der Waals surface area contributed by atoms with Crippen LogP contribution in [-0.4, -0.2) is 84.3 Å². The van der Waals surface area contributed by atoms with Gasteiger partial charge in [0, 0.05) is 6.42 Å². The van der Waals surface area contributed by atoms with E-state index in [4.69, 9.17) is 24.4 Å². The largest absolute Gasteiger partial charge is 0.457 e. The molecule has 0 saturated heterocycles. The Kier molecular flexibility index (Phi) is 23.8. The molecule has 0 aromatic carbocycles. The van der Waals surface area contributed by atoms with Crippen molar-refractivity contribution >= 4 is 5.97 Å². The summed E-state index contributed by atoms with van der Waals surface area (Å²) in [5.41, 5.74) is 0. The molecule has 0 aromatic rings. The van der Waals surface area contributed by atoms with Crippen molar-refractivity contribution in [3.8, 4) is 0 Å². The van der Waals surface area contributed by atoms with Gasteiger partial charge < -0.3 is 34.6 Å². The van der Waals surface area contributed by atoms with E-state index in [1.165, 1.54) is 64.2 Å². The fourth-order valence-electron chi connectivity index (χ4n) is 3.42. The first kappa shape index (κ1) is 32.2. The van der Waals surface area contributed by atoms with Gasteiger partial charge in [0.15, 0.2) is 0 Å². The number of ether oxygens (including phenoxy) is 3. The molecule has 0 bridgehead atoms. The summed E-state index contributed by atoms with van der Waals surface area (Å²) in [5.74, 6) is -0.333. The third-order valence-corrected chi connectivity index (χ3v) is 5.43. The van der Waals surface area contributed by atoms with Crippen molar-refractivity contribution in [3.63, 3.8) is 0 Å². The van der Waals surface area contributed by atoms with E-state index in [9.17, 15) is 15.0 Å². The highest BCUT2D eigenvalue weighted by Gasteiger charge is 2.17. The number of carbonyl (C=O) groups excluding carboxylic acids is 1. The van der Waals surface area contributed by atoms with Crippen LogP contribution in [0.5, 0.6) is 0 Å². The van der Waals surface area contributed by atoms with Gasteiger partial charge in [-0.2, -0.15) is 0 Å². The van der Waals surface area contributed by atoms with Crippen molar-refractivity contribution in [3.05, 3.63) is 0 Å². The molecule has 33 heavy (non-hydrogen) atoms. The molecule has 0 amide bonds. The van der Waals surface area contributed by atoms with Crippen LogP contribution in [0, 0.1) is 0 Å². The summed E-state index contributed by atoms with van der Waals surface area (Å²) < 4.78 is 16.0. The molecule has 8 heteroatoms. The first-order chi connectivity index (χ1) is 16.0. The lowest BCUT2D eigenvalue weighted by molar-refractivity contribution is -0.158. The van der Waals surface area contributed by atoms with Gasteiger partial charge in [-0.15, -0.1) is 0 Å². The topological polar surface area (TPSA) is 126 Å². The van der Waals surface area contributed by atoms with Crippen molar-refractivity contribution in [1.29, 1.82) is 0 Å². The van der Waals surface area contributed by atoms with Crippen LogP contribution < -0.4 is 0 Å². The van der Waals surface area contributed by atoms with Crippen molar-refractivity contribution < 1.29 is 39.4 Å². The number of rotatable bonds is 25. The second-order valence-corrected chi connectivity index (χ2v) is 8.85. The van der Waals surface area contributed by atoms with Gasteiger partial charge in [0.05, 0.1) is 39.6 Å². The van der Waals surface area contributed by atoms with Crippen molar-refractivity contribution in [2.45, 2.75) is 115 Å². The van der Waals surface area contributed by atoms with E-state index in [1.807, 2.05) is 0 Å². The lowest BCUT2D eigenvalue weighted by atomic mass is 10.0. The van der Waals surface area contributed by atoms with Crippen molar-refractivity contribution in [1.82, 2.24) is 0 Å². The lowest BCUT2D eigenvalue weighted by Crippen LogP contribution is -2.32. The average Bonchev–Trinajstić information content (AvgIpc) is 2.81. The second kappa shape index (κ2) is 24.4. The molecule has 0 aliphatic heterocycles. The van der Waals surface area contributed by atoms with E-state index in [0.29, 0.717) is 6.42 Å². The zero-order valence-corrected chi connectivity index (χ0v) is 20.8. The van der Waals surface area contributed by atoms with Crippen LogP contribution >= 0.6 is 0 Å². The van der Waals surface area contributed by atoms with Gasteiger partial charge in [-0.05, 0) is 6.42 Å². The first-order valence-electron chi connectivity index (χ1n) is 13.0. The highest BCUT2D eigenvalue weighted by Crippen LogP contribution is 2.13. The highest BCUT2D eigenvalue weighted by atomic mass is 16.6. The van der Waals surface area contributed by atoms with Crippen LogP contribution in [0.15, 0.2) is 0 Å². The van der Waals surface area contributed by atoms with Gasteiger partial charge in [0.2, 0.25) is 0 Å². The van der Waals surface area contributed by atoms with E-state index in [0.717, 1.165) is 19.3 Å². The summed E-state index contributed by atoms with van der Waals surface area (Å²) in [4.78, 5) is 12.1. The SMILES string of the molecule is CCCCCCCCCCCCCCCC(=O)OC(COC[C@H](O)CO)COC[C@H](O)CO. The maximum Gasteiger partial charge on any atom is 0.306 e. The van der Waals surface area contributed by atoms with Gasteiger partial charge >= 0.3 is 5.97 Å². The zero-order chi connectivity index (χ0) is 24.6. The molecule has 0 aliphatic carbocycles. The standard InChI is InChI=1S/C25H50O8/c1-2-3-4-5-6-7-8-9-10-11-12-13-14-15-25(30)33-24(20-31-18-22(28)16-26)21-32-19-23(29)17-27/h22-24,26-29H,2-21H2,1H3/t22-,23-/m1/s1. The summed E-state index contributed by atoms with van der Waals surface area (Å²) in [6.07, 6.45) is 13.8. The number of carbonyl (C=O) groups is 1. The molecule has 0 fully saturated rings. The fourth-order valence-corrected chi connectivity index (χ4v) is 3.42. The van der Waals surface area contributed by atoms with Gasteiger partial charge in [0.1, 0.15) is 18.3 Å². The monoisotopic (exact) mass is 478 g/mol. The Labute approximate surface area is 200 Å². The third-order valence-electron chi connectivity index (χ3n) is 5.43. The number of hydrogen-bond acceptors (Lipinski definition) is 8. The first-order valence-corrected chi connectivity index (χ1v) is 13.0. The minimum Gasteiger partial charge on any atom is -0.457 e. The lowest BCUT2D eigenvalue weighted by Gasteiger charge is -2.19. The van der Waals surface area contributed by atoms with Gasteiger partial charge in [0.25, 0.3) is 0 Å². The Hall–Kier alpha value is -0.770. The zero-order valence-electron chi connectivity index (χ0n) is 20.8. The van der Waals surface area contributed by atoms with E-state index in [-0.39, 0.29) is 32.4 Å². The Morgan fingerprint density at radius 1 is 0.636 bits per heavy atom. The van der Waals surface area contributed by atoms with Gasteiger partial charge in [-0.25, -0.2) is 0 Å². The fraction of sp³-hybridized carbons (Fsp3) is 0.960. The smallest absolute Gasteiger partial charge is 0.306 e. The Bertz CT molecular complexity index is 405. The van der Waals surface area contributed by atoms with E-state index < -0.39 is 31.5 Å². The molecule has 0 unspecified atom stereocenters. The van der Waals surface area contributed by atoms with Crippen LogP contribution in [0.3, 0.4) is 0 Å². The Balaban J connectivity index is 3.84. The summed E-state index contributed by atoms with van der Waals surface area (Å²) in [7, 11) is 0. The van der Waals surface area contributed by atoms with Crippen molar-refractivity contribution in [2.75, 3.05) is 39.6 Å². The number of aliphatic hydroxyl groups excluding tert-OH is 4. The van der Waals surface area contributed by atoms with Crippen LogP contribution in [0.1, 0.15) is 96.8 Å². The molecular weight excluding hydrogens is 428 g/mol. The minimum absolute atomic E-state index is 0.0105. The molecule has 0 saturated carbocycles. The number of aliphatic hydroxyl groups is 4. The Morgan fingerprint density at radius 3 is 1.42 bits per heavy atom. The number of esters is 1. The van der Waals surface area contributed by atoms with Crippen LogP contribution in [0.2, 0.25) is 0 Å². The normalized spacial score (nSPS) is 13.4. The predicted octanol–water partition coefficient (Wildman–Crippen LogP) is 3.12. The quantitative estimate of drug-likeness (QED) is 0.116. The van der Waals surface area contributed by atoms with Crippen molar-refractivity contribution in [2.24, 2.45) is 0 Å². The minimum atomic E-state index is -0.996. The van der Waals surface area contributed by atoms with E-state index in [2.05, 4.69) is 6.92 Å². The molecule has 0 rings (SSSR count). The summed E-state index contributed by atoms with van der Waals surface area (Å²) in [5, 5.41) is 36.4. The molecule has 0 radical (unpaired) electrons. The van der Waals surface area contributed by atoms with Crippen LogP contribution in [0.4, 0.5) is 0 Å². The van der Waals surface area contributed by atoms with Gasteiger partial charge in [-0.3, -0.25) is 4.79 Å². The summed E-state index contributed by atoms with van der Waals surface area (Å²) >= 11 is 0. The average molecular weight is 479 g/mol. The highest BCUT2D eigenvalue weighted by molar-refractivity contribution is 5.69. The van der Waals surface area contributed by atoms with Crippen LogP contribution in [0.25, 0.3) is 0 Å². The molecule has 0 spiro atoms. The van der Waals surface area contributed by atoms with Crippen LogP contribution in [-0.2, 0) is 19.0 Å². The molecule has 4 N–H and O–H groups in total. The molecular formula is C25H50O8. The third kappa shape index (κ3) is 22.8. The van der Waals surface area contributed by atoms with E-state index >= 15 is 0 Å². The predicted molar refractivity (Wildman–Crippen MR) is 128 cm³/mol. The number of hydrogen-bond donors (Lipinski definition) is 4. The molecule has 8 nitrogen and oxygen atoms in total. The summed E-state index contributed by atoms with van der Waals surface area (Å²) in [6.45, 7) is 1.28. The molecule has 0 aliphatic rings.